The van der Waals surface area contributed by atoms with Crippen LogP contribution in [0.15, 0.2) is 12.1 Å². The van der Waals surface area contributed by atoms with E-state index in [4.69, 9.17) is 47.1 Å². The standard InChI is InChI=1S/C13H15FN4OS3/c1-6(2)19-10-5-9(8(14)4-7(10)11(15)20)18-12(21)16-17(3)13(18)22/h4-6H,1-3H3,(H2,15,20)(H,16,21). The van der Waals surface area contributed by atoms with Crippen molar-refractivity contribution in [3.63, 3.8) is 0 Å². The number of halogens is 1. The highest BCUT2D eigenvalue weighted by atomic mass is 32.1. The van der Waals surface area contributed by atoms with E-state index in [1.165, 1.54) is 21.4 Å². The van der Waals surface area contributed by atoms with E-state index in [9.17, 15) is 4.39 Å². The highest BCUT2D eigenvalue weighted by Crippen LogP contribution is 2.27. The number of rotatable bonds is 4. The number of aromatic amines is 1. The lowest BCUT2D eigenvalue weighted by Crippen LogP contribution is -2.16. The Morgan fingerprint density at radius 1 is 1.36 bits per heavy atom. The van der Waals surface area contributed by atoms with Crippen LogP contribution in [0, 0.1) is 15.4 Å². The fraction of sp³-hybridized carbons (Fsp3) is 0.308. The van der Waals surface area contributed by atoms with Gasteiger partial charge in [0.25, 0.3) is 0 Å². The van der Waals surface area contributed by atoms with Gasteiger partial charge in [0.05, 0.1) is 17.4 Å². The number of nitrogens with two attached hydrogens (primary N) is 1. The second-order valence-corrected chi connectivity index (χ2v) is 6.12. The average Bonchev–Trinajstić information content (AvgIpc) is 2.64. The van der Waals surface area contributed by atoms with Crippen LogP contribution in [0.4, 0.5) is 4.39 Å². The summed E-state index contributed by atoms with van der Waals surface area (Å²) >= 11 is 15.4. The highest BCUT2D eigenvalue weighted by Gasteiger charge is 2.17. The largest absolute Gasteiger partial charge is 0.490 e. The van der Waals surface area contributed by atoms with Gasteiger partial charge >= 0.3 is 0 Å². The molecule has 3 N–H and O–H groups in total. The summed E-state index contributed by atoms with van der Waals surface area (Å²) < 4.78 is 23.7. The highest BCUT2D eigenvalue weighted by molar-refractivity contribution is 7.80. The molecule has 0 saturated heterocycles. The zero-order valence-electron chi connectivity index (χ0n) is 12.2. The number of benzene rings is 1. The first kappa shape index (κ1) is 16.8. The third kappa shape index (κ3) is 3.11. The van der Waals surface area contributed by atoms with E-state index in [1.54, 1.807) is 7.05 Å². The third-order valence-electron chi connectivity index (χ3n) is 2.86. The van der Waals surface area contributed by atoms with Crippen molar-refractivity contribution in [3.05, 3.63) is 33.1 Å². The molecule has 0 radical (unpaired) electrons. The Balaban J connectivity index is 2.75. The van der Waals surface area contributed by atoms with Gasteiger partial charge in [0.2, 0.25) is 4.77 Å². The smallest absolute Gasteiger partial charge is 0.201 e. The number of hydrogen-bond acceptors (Lipinski definition) is 4. The molecule has 0 aliphatic carbocycles. The van der Waals surface area contributed by atoms with Gasteiger partial charge in [-0.15, -0.1) is 0 Å². The van der Waals surface area contributed by atoms with Crippen LogP contribution in [-0.2, 0) is 7.05 Å². The fourth-order valence-electron chi connectivity index (χ4n) is 1.95. The van der Waals surface area contributed by atoms with Gasteiger partial charge in [0.1, 0.15) is 16.6 Å². The number of thiocarbonyl (C=S) groups is 1. The van der Waals surface area contributed by atoms with Crippen LogP contribution in [0.5, 0.6) is 5.75 Å². The SMILES string of the molecule is CC(C)Oc1cc(-n2c(=S)[nH]n(C)c2=S)c(F)cc1C(N)=S. The van der Waals surface area contributed by atoms with Crippen LogP contribution in [0.1, 0.15) is 19.4 Å². The first-order valence-corrected chi connectivity index (χ1v) is 7.63. The zero-order valence-corrected chi connectivity index (χ0v) is 14.7. The second kappa shape index (κ2) is 6.27. The Hall–Kier alpha value is -1.58. The van der Waals surface area contributed by atoms with Crippen LogP contribution in [0.3, 0.4) is 0 Å². The normalized spacial score (nSPS) is 11.0. The molecule has 2 rings (SSSR count). The monoisotopic (exact) mass is 358 g/mol. The molecule has 0 unspecified atom stereocenters. The molecule has 2 aromatic rings. The Kier molecular flexibility index (Phi) is 4.78. The van der Waals surface area contributed by atoms with Crippen molar-refractivity contribution in [1.82, 2.24) is 14.3 Å². The minimum atomic E-state index is -0.541. The molecule has 0 spiro atoms. The number of nitrogens with one attached hydrogen (secondary N) is 1. The number of hydrogen-bond donors (Lipinski definition) is 2. The summed E-state index contributed by atoms with van der Waals surface area (Å²) in [5.74, 6) is -0.153. The molecule has 0 saturated carbocycles. The van der Waals surface area contributed by atoms with E-state index in [0.717, 1.165) is 0 Å². The molecule has 0 fully saturated rings. The summed E-state index contributed by atoms with van der Waals surface area (Å²) in [6.45, 7) is 3.71. The van der Waals surface area contributed by atoms with Gasteiger partial charge in [-0.2, -0.15) is 0 Å². The average molecular weight is 358 g/mol. The number of aromatic nitrogens is 3. The number of H-pyrrole nitrogens is 1. The van der Waals surface area contributed by atoms with E-state index in [2.05, 4.69) is 5.10 Å². The lowest BCUT2D eigenvalue weighted by molar-refractivity contribution is 0.241. The summed E-state index contributed by atoms with van der Waals surface area (Å²) in [7, 11) is 1.70. The fourth-order valence-corrected chi connectivity index (χ4v) is 2.72. The maximum Gasteiger partial charge on any atom is 0.201 e. The summed E-state index contributed by atoms with van der Waals surface area (Å²) in [6.07, 6.45) is -0.121. The van der Waals surface area contributed by atoms with Crippen LogP contribution < -0.4 is 10.5 Å². The Morgan fingerprint density at radius 2 is 2.00 bits per heavy atom. The van der Waals surface area contributed by atoms with Crippen molar-refractivity contribution in [3.8, 4) is 11.4 Å². The Labute approximate surface area is 142 Å². The van der Waals surface area contributed by atoms with Gasteiger partial charge < -0.3 is 10.5 Å². The van der Waals surface area contributed by atoms with E-state index < -0.39 is 5.82 Å². The summed E-state index contributed by atoms with van der Waals surface area (Å²) in [4.78, 5) is 0.0583. The molecule has 118 valence electrons. The summed E-state index contributed by atoms with van der Waals surface area (Å²) in [5.41, 5.74) is 6.16. The van der Waals surface area contributed by atoms with Crippen molar-refractivity contribution in [1.29, 1.82) is 0 Å². The topological polar surface area (TPSA) is 60.9 Å². The van der Waals surface area contributed by atoms with E-state index in [0.29, 0.717) is 16.1 Å². The molecule has 0 aliphatic heterocycles. The van der Waals surface area contributed by atoms with Crippen molar-refractivity contribution in [2.24, 2.45) is 12.8 Å². The predicted octanol–water partition coefficient (Wildman–Crippen LogP) is 3.16. The minimum Gasteiger partial charge on any atom is -0.490 e. The van der Waals surface area contributed by atoms with E-state index in [1.807, 2.05) is 13.8 Å². The Bertz CT molecular complexity index is 850. The number of aryl methyl sites for hydroxylation is 1. The van der Waals surface area contributed by atoms with Crippen molar-refractivity contribution in [2.75, 3.05) is 0 Å². The van der Waals surface area contributed by atoms with Crippen LogP contribution >= 0.6 is 36.7 Å². The maximum absolute atomic E-state index is 14.5. The molecule has 1 aromatic heterocycles. The molecular formula is C13H15FN4OS3. The molecule has 0 atom stereocenters. The molecule has 5 nitrogen and oxygen atoms in total. The van der Waals surface area contributed by atoms with E-state index >= 15 is 0 Å². The molecule has 0 bridgehead atoms. The minimum absolute atomic E-state index is 0.0583. The number of nitrogens with zero attached hydrogens (tertiary/aromatic N) is 2. The van der Waals surface area contributed by atoms with Crippen molar-refractivity contribution in [2.45, 2.75) is 20.0 Å². The van der Waals surface area contributed by atoms with Crippen LogP contribution in [0.25, 0.3) is 5.69 Å². The summed E-state index contributed by atoms with van der Waals surface area (Å²) in [6, 6.07) is 2.74. The molecule has 1 heterocycles. The Morgan fingerprint density at radius 3 is 2.45 bits per heavy atom. The van der Waals surface area contributed by atoms with Crippen molar-refractivity contribution >= 4 is 41.6 Å². The second-order valence-electron chi connectivity index (χ2n) is 4.92. The van der Waals surface area contributed by atoms with Crippen LogP contribution in [-0.4, -0.2) is 25.4 Å². The molecule has 1 aromatic carbocycles. The molecule has 0 aliphatic rings. The molecule has 0 amide bonds. The van der Waals surface area contributed by atoms with Crippen molar-refractivity contribution < 1.29 is 9.13 Å². The quantitative estimate of drug-likeness (QED) is 0.822. The first-order valence-electron chi connectivity index (χ1n) is 6.40. The third-order valence-corrected chi connectivity index (χ3v) is 3.81. The lowest BCUT2D eigenvalue weighted by Gasteiger charge is -2.16. The molecule has 22 heavy (non-hydrogen) atoms. The van der Waals surface area contributed by atoms with Gasteiger partial charge in [-0.3, -0.25) is 14.3 Å². The first-order chi connectivity index (χ1) is 10.2. The van der Waals surface area contributed by atoms with Gasteiger partial charge in [-0.05, 0) is 44.3 Å². The van der Waals surface area contributed by atoms with Gasteiger partial charge in [0, 0.05) is 13.1 Å². The van der Waals surface area contributed by atoms with Crippen LogP contribution in [0.2, 0.25) is 0 Å². The van der Waals surface area contributed by atoms with Gasteiger partial charge in [-0.1, -0.05) is 12.2 Å². The van der Waals surface area contributed by atoms with Gasteiger partial charge in [-0.25, -0.2) is 4.39 Å². The summed E-state index contributed by atoms with van der Waals surface area (Å²) in [5, 5.41) is 2.83. The van der Waals surface area contributed by atoms with E-state index in [-0.39, 0.29) is 21.6 Å². The number of ether oxygens (including phenoxy) is 1. The van der Waals surface area contributed by atoms with Gasteiger partial charge in [0.15, 0.2) is 4.77 Å². The zero-order chi connectivity index (χ0) is 16.6. The predicted molar refractivity (Wildman–Crippen MR) is 92.4 cm³/mol. The molecular weight excluding hydrogens is 343 g/mol. The maximum atomic E-state index is 14.5. The lowest BCUT2D eigenvalue weighted by atomic mass is 10.1. The molecule has 9 heteroatoms.